The molecule has 0 saturated carbocycles. The lowest BCUT2D eigenvalue weighted by atomic mass is 10.2. The third-order valence-electron chi connectivity index (χ3n) is 5.42. The minimum atomic E-state index is 0.304. The van der Waals surface area contributed by atoms with E-state index in [9.17, 15) is 4.79 Å². The minimum absolute atomic E-state index is 0.304. The number of terminal acetylenes is 1. The Morgan fingerprint density at radius 3 is 0.956 bits per heavy atom. The summed E-state index contributed by atoms with van der Waals surface area (Å²) in [7, 11) is 0. The number of aldehydes is 1. The quantitative estimate of drug-likeness (QED) is 0.0598. The van der Waals surface area contributed by atoms with E-state index >= 15 is 0 Å². The van der Waals surface area contributed by atoms with Crippen molar-refractivity contribution >= 4 is 6.29 Å². The Morgan fingerprint density at radius 1 is 0.422 bits per heavy atom. The topological polar surface area (TPSA) is 128 Å². The van der Waals surface area contributed by atoms with Crippen molar-refractivity contribution in [2.45, 2.75) is 0 Å². The van der Waals surface area contributed by atoms with Crippen molar-refractivity contribution in [3.8, 4) is 18.1 Å². The summed E-state index contributed by atoms with van der Waals surface area (Å²) < 4.78 is 65.0. The van der Waals surface area contributed by atoms with Gasteiger partial charge in [-0.05, 0) is 24.3 Å². The number of hydrogen-bond donors (Lipinski definition) is 0. The van der Waals surface area contributed by atoms with Gasteiger partial charge in [-0.2, -0.15) is 0 Å². The van der Waals surface area contributed by atoms with Gasteiger partial charge in [-0.3, -0.25) is 4.79 Å². The van der Waals surface area contributed by atoms with Crippen LogP contribution < -0.4 is 4.74 Å². The zero-order valence-corrected chi connectivity index (χ0v) is 26.5. The maximum Gasteiger partial charge on any atom is 0.150 e. The molecule has 0 heterocycles. The van der Waals surface area contributed by atoms with Crippen LogP contribution >= 0.6 is 0 Å². The van der Waals surface area contributed by atoms with E-state index in [1.807, 2.05) is 0 Å². The first-order chi connectivity index (χ1) is 22.4. The van der Waals surface area contributed by atoms with Crippen LogP contribution in [0.3, 0.4) is 0 Å². The Hall–Kier alpha value is -2.19. The summed E-state index contributed by atoms with van der Waals surface area (Å²) in [5.41, 5.74) is 0.617. The minimum Gasteiger partial charge on any atom is -0.491 e. The molecule has 1 rings (SSSR count). The lowest BCUT2D eigenvalue weighted by Crippen LogP contribution is -2.15. The molecule has 0 N–H and O–H groups in total. The normalized spacial score (nSPS) is 11.1. The smallest absolute Gasteiger partial charge is 0.150 e. The monoisotopic (exact) mass is 644 g/mol. The van der Waals surface area contributed by atoms with E-state index in [1.54, 1.807) is 24.3 Å². The summed E-state index contributed by atoms with van der Waals surface area (Å²) in [5.74, 6) is 3.10. The highest BCUT2D eigenvalue weighted by atomic mass is 16.6. The van der Waals surface area contributed by atoms with Crippen LogP contribution in [-0.2, 0) is 52.1 Å². The van der Waals surface area contributed by atoms with E-state index in [-0.39, 0.29) is 0 Å². The summed E-state index contributed by atoms with van der Waals surface area (Å²) in [6, 6.07) is 6.93. The molecule has 0 atom stereocenters. The molecule has 0 spiro atoms. The van der Waals surface area contributed by atoms with Crippen LogP contribution in [0.2, 0.25) is 0 Å². The number of ether oxygens (including phenoxy) is 12. The molecule has 0 bridgehead atoms. The highest BCUT2D eigenvalue weighted by Crippen LogP contribution is 2.10. The molecule has 0 aromatic heterocycles. The summed E-state index contributed by atoms with van der Waals surface area (Å²) in [6.07, 6.45) is 5.87. The highest BCUT2D eigenvalue weighted by molar-refractivity contribution is 5.74. The second-order valence-corrected chi connectivity index (χ2v) is 8.92. The predicted octanol–water partition coefficient (Wildman–Crippen LogP) is 1.69. The van der Waals surface area contributed by atoms with Gasteiger partial charge in [0.1, 0.15) is 25.2 Å². The van der Waals surface area contributed by atoms with E-state index in [0.29, 0.717) is 163 Å². The SMILES string of the molecule is C#CCOCCOCCOCCOCCOCCOCCOCCOCCOCCOCCOCCOc1ccc(C=O)cc1. The van der Waals surface area contributed by atoms with Gasteiger partial charge in [0.25, 0.3) is 0 Å². The van der Waals surface area contributed by atoms with Crippen LogP contribution in [0.25, 0.3) is 0 Å². The van der Waals surface area contributed by atoms with Gasteiger partial charge in [0.15, 0.2) is 0 Å². The summed E-state index contributed by atoms with van der Waals surface area (Å²) in [5, 5.41) is 0. The molecular weight excluding hydrogens is 592 g/mol. The molecule has 0 aliphatic carbocycles. The van der Waals surface area contributed by atoms with Crippen molar-refractivity contribution in [2.75, 3.05) is 152 Å². The second kappa shape index (κ2) is 34.7. The van der Waals surface area contributed by atoms with Gasteiger partial charge in [-0.1, -0.05) is 5.92 Å². The van der Waals surface area contributed by atoms with E-state index in [1.165, 1.54) is 0 Å². The molecule has 0 amide bonds. The van der Waals surface area contributed by atoms with Crippen LogP contribution in [-0.4, -0.2) is 158 Å². The summed E-state index contributed by atoms with van der Waals surface area (Å²) in [4.78, 5) is 10.6. The molecule has 13 nitrogen and oxygen atoms in total. The molecule has 258 valence electrons. The Kier molecular flexibility index (Phi) is 31.5. The maximum atomic E-state index is 10.6. The number of carbonyl (C=O) groups is 1. The first-order valence-electron chi connectivity index (χ1n) is 15.3. The third kappa shape index (κ3) is 30.2. The van der Waals surface area contributed by atoms with Crippen LogP contribution in [0.1, 0.15) is 10.4 Å². The molecule has 0 radical (unpaired) electrons. The van der Waals surface area contributed by atoms with Gasteiger partial charge in [0.05, 0.1) is 139 Å². The molecular formula is C32H52O13. The molecule has 0 unspecified atom stereocenters. The molecule has 0 fully saturated rings. The number of benzene rings is 1. The van der Waals surface area contributed by atoms with Crippen LogP contribution in [0.5, 0.6) is 5.75 Å². The van der Waals surface area contributed by atoms with Crippen molar-refractivity contribution in [2.24, 2.45) is 0 Å². The Morgan fingerprint density at radius 2 is 0.689 bits per heavy atom. The van der Waals surface area contributed by atoms with Gasteiger partial charge in [0.2, 0.25) is 0 Å². The average Bonchev–Trinajstić information content (AvgIpc) is 3.06. The van der Waals surface area contributed by atoms with Crippen LogP contribution in [0.15, 0.2) is 24.3 Å². The van der Waals surface area contributed by atoms with Crippen molar-refractivity contribution in [3.05, 3.63) is 29.8 Å². The van der Waals surface area contributed by atoms with Crippen molar-refractivity contribution in [3.63, 3.8) is 0 Å². The fourth-order valence-electron chi connectivity index (χ4n) is 3.19. The summed E-state index contributed by atoms with van der Waals surface area (Å²) in [6.45, 7) is 11.1. The summed E-state index contributed by atoms with van der Waals surface area (Å²) >= 11 is 0. The zero-order valence-electron chi connectivity index (χ0n) is 26.5. The van der Waals surface area contributed by atoms with Gasteiger partial charge in [-0.15, -0.1) is 6.42 Å². The second-order valence-electron chi connectivity index (χ2n) is 8.92. The third-order valence-corrected chi connectivity index (χ3v) is 5.42. The molecule has 0 saturated heterocycles. The number of hydrogen-bond acceptors (Lipinski definition) is 13. The molecule has 45 heavy (non-hydrogen) atoms. The number of rotatable bonds is 36. The largest absolute Gasteiger partial charge is 0.491 e. The zero-order chi connectivity index (χ0) is 32.1. The average molecular weight is 645 g/mol. The van der Waals surface area contributed by atoms with Crippen molar-refractivity contribution in [1.82, 2.24) is 0 Å². The first kappa shape index (κ1) is 40.8. The lowest BCUT2D eigenvalue weighted by molar-refractivity contribution is -0.0275. The highest BCUT2D eigenvalue weighted by Gasteiger charge is 1.98. The van der Waals surface area contributed by atoms with Gasteiger partial charge >= 0.3 is 0 Å². The van der Waals surface area contributed by atoms with Crippen LogP contribution in [0, 0.1) is 12.3 Å². The Bertz CT molecular complexity index is 788. The van der Waals surface area contributed by atoms with Gasteiger partial charge in [0, 0.05) is 5.56 Å². The van der Waals surface area contributed by atoms with E-state index in [0.717, 1.165) is 6.29 Å². The standard InChI is InChI=1S/C32H52O13/c1-2-7-34-8-9-35-10-11-36-12-13-37-14-15-38-16-17-39-18-19-40-20-21-41-22-23-42-24-25-43-26-27-44-28-29-45-32-5-3-31(30-33)4-6-32/h1,3-6,30H,7-29H2. The molecule has 1 aromatic rings. The molecule has 1 aromatic carbocycles. The predicted molar refractivity (Wildman–Crippen MR) is 165 cm³/mol. The van der Waals surface area contributed by atoms with Crippen molar-refractivity contribution in [1.29, 1.82) is 0 Å². The molecule has 0 aliphatic heterocycles. The van der Waals surface area contributed by atoms with E-state index in [4.69, 9.17) is 63.3 Å². The lowest BCUT2D eigenvalue weighted by Gasteiger charge is -2.09. The molecule has 0 aliphatic rings. The first-order valence-corrected chi connectivity index (χ1v) is 15.3. The maximum absolute atomic E-state index is 10.6. The fraction of sp³-hybridized carbons (Fsp3) is 0.719. The van der Waals surface area contributed by atoms with Crippen LogP contribution in [0.4, 0.5) is 0 Å². The van der Waals surface area contributed by atoms with Gasteiger partial charge < -0.3 is 56.8 Å². The van der Waals surface area contributed by atoms with Crippen molar-refractivity contribution < 1.29 is 61.6 Å². The van der Waals surface area contributed by atoms with E-state index < -0.39 is 0 Å². The Balaban J connectivity index is 1.64. The Labute approximate surface area is 267 Å². The number of carbonyl (C=O) groups excluding carboxylic acids is 1. The fourth-order valence-corrected chi connectivity index (χ4v) is 3.19. The van der Waals surface area contributed by atoms with E-state index in [2.05, 4.69) is 5.92 Å². The van der Waals surface area contributed by atoms with Gasteiger partial charge in [-0.25, -0.2) is 0 Å². The molecule has 13 heteroatoms.